The summed E-state index contributed by atoms with van der Waals surface area (Å²) in [6, 6.07) is 108. The summed E-state index contributed by atoms with van der Waals surface area (Å²) < 4.78 is 4.81. The van der Waals surface area contributed by atoms with Crippen LogP contribution in [-0.2, 0) is 0 Å². The third-order valence-electron chi connectivity index (χ3n) is 14.9. The largest absolute Gasteiger partial charge is 0.311 e. The van der Waals surface area contributed by atoms with E-state index in [0.29, 0.717) is 0 Å². The molecule has 14 rings (SSSR count). The van der Waals surface area contributed by atoms with Gasteiger partial charge in [0.25, 0.3) is 0 Å². The molecule has 0 aliphatic rings. The zero-order chi connectivity index (χ0) is 49.7. The van der Waals surface area contributed by atoms with E-state index in [2.05, 4.69) is 311 Å². The zero-order valence-electron chi connectivity index (χ0n) is 41.1. The first-order valence-electron chi connectivity index (χ1n) is 25.7. The maximum atomic E-state index is 2.41. The molecule has 3 nitrogen and oxygen atoms in total. The quantitative estimate of drug-likeness (QED) is 0.133. The molecule has 12 aromatic carbocycles. The molecule has 0 unspecified atom stereocenters. The average molecular weight is 956 g/mol. The van der Waals surface area contributed by atoms with Crippen LogP contribution in [0.25, 0.3) is 111 Å². The molecule has 0 amide bonds. The normalized spacial score (nSPS) is 11.5. The highest BCUT2D eigenvalue weighted by molar-refractivity contribution is 6.12. The first kappa shape index (κ1) is 43.8. The van der Waals surface area contributed by atoms with Gasteiger partial charge in [-0.05, 0) is 171 Å². The molecule has 2 aromatic heterocycles. The summed E-state index contributed by atoms with van der Waals surface area (Å²) >= 11 is 0. The summed E-state index contributed by atoms with van der Waals surface area (Å²) in [5, 5.41) is 4.90. The number of fused-ring (bicyclic) bond motifs is 6. The van der Waals surface area contributed by atoms with Crippen LogP contribution >= 0.6 is 0 Å². The van der Waals surface area contributed by atoms with Gasteiger partial charge < -0.3 is 14.0 Å². The van der Waals surface area contributed by atoms with Gasteiger partial charge in [-0.1, -0.05) is 182 Å². The summed E-state index contributed by atoms with van der Waals surface area (Å²) in [7, 11) is 0. The Kier molecular flexibility index (Phi) is 10.8. The van der Waals surface area contributed by atoms with E-state index in [1.165, 1.54) is 77.0 Å². The molecule has 0 saturated carbocycles. The molecular formula is C72H49N3. The molecule has 352 valence electrons. The smallest absolute Gasteiger partial charge is 0.0541 e. The molecule has 14 aromatic rings. The Bertz CT molecular complexity index is 4090. The van der Waals surface area contributed by atoms with E-state index in [1.54, 1.807) is 0 Å². The van der Waals surface area contributed by atoms with Crippen molar-refractivity contribution in [2.75, 3.05) is 4.90 Å². The van der Waals surface area contributed by atoms with Crippen molar-refractivity contribution < 1.29 is 0 Å². The number of benzene rings is 12. The van der Waals surface area contributed by atoms with E-state index in [1.807, 2.05) is 0 Å². The fraction of sp³-hybridized carbons (Fsp3) is 0. The standard InChI is InChI=1S/C72H49N3/c1-5-17-50(18-6-1)52-29-39-63(40-30-52)74-69-27-15-13-25-65(69)67-48-55(35-43-71(67)74)58-45-57(54-33-37-62(38-34-54)73(60-21-9-3-10-22-60)61-23-11-4-12-24-61)46-59(47-58)56-36-44-72-68(49-56)66-26-14-16-28-70(66)75(72)64-41-31-53(32-42-64)51-19-7-2-8-20-51/h1-49H. The highest BCUT2D eigenvalue weighted by atomic mass is 15.1. The third-order valence-corrected chi connectivity index (χ3v) is 14.9. The van der Waals surface area contributed by atoms with Gasteiger partial charge in [-0.2, -0.15) is 0 Å². The monoisotopic (exact) mass is 955 g/mol. The van der Waals surface area contributed by atoms with Crippen LogP contribution in [0.4, 0.5) is 17.1 Å². The predicted molar refractivity (Wildman–Crippen MR) is 317 cm³/mol. The summed E-state index contributed by atoms with van der Waals surface area (Å²) in [6.45, 7) is 0. The lowest BCUT2D eigenvalue weighted by atomic mass is 9.92. The van der Waals surface area contributed by atoms with E-state index >= 15 is 0 Å². The maximum absolute atomic E-state index is 2.41. The number of anilines is 3. The van der Waals surface area contributed by atoms with Gasteiger partial charge in [0, 0.05) is 50.0 Å². The van der Waals surface area contributed by atoms with Crippen molar-refractivity contribution in [1.29, 1.82) is 0 Å². The second-order valence-corrected chi connectivity index (χ2v) is 19.3. The lowest BCUT2D eigenvalue weighted by Gasteiger charge is -2.25. The van der Waals surface area contributed by atoms with Crippen molar-refractivity contribution in [2.45, 2.75) is 0 Å². The van der Waals surface area contributed by atoms with Crippen LogP contribution in [0, 0.1) is 0 Å². The van der Waals surface area contributed by atoms with Crippen LogP contribution in [0.15, 0.2) is 297 Å². The van der Waals surface area contributed by atoms with Gasteiger partial charge in [-0.25, -0.2) is 0 Å². The van der Waals surface area contributed by atoms with Crippen LogP contribution in [0.3, 0.4) is 0 Å². The first-order valence-corrected chi connectivity index (χ1v) is 25.7. The molecule has 0 atom stereocenters. The topological polar surface area (TPSA) is 13.1 Å². The van der Waals surface area contributed by atoms with Crippen LogP contribution in [0.2, 0.25) is 0 Å². The van der Waals surface area contributed by atoms with Gasteiger partial charge in [0.05, 0.1) is 22.1 Å². The Balaban J connectivity index is 0.910. The van der Waals surface area contributed by atoms with Crippen molar-refractivity contribution >= 4 is 60.7 Å². The SMILES string of the molecule is c1ccc(-c2ccc(-n3c4ccccc4c4cc(-c5cc(-c6ccc(N(c7ccccc7)c7ccccc7)cc6)cc(-c6ccc7c(c6)c6ccccc6n7-c6ccc(-c7ccccc7)cc6)c5)ccc43)cc2)cc1. The van der Waals surface area contributed by atoms with Gasteiger partial charge in [-0.15, -0.1) is 0 Å². The van der Waals surface area contributed by atoms with Crippen molar-refractivity contribution in [3.63, 3.8) is 0 Å². The Hall–Kier alpha value is -9.96. The minimum atomic E-state index is 1.10. The number of hydrogen-bond donors (Lipinski definition) is 0. The summed E-state index contributed by atoms with van der Waals surface area (Å²) in [5.74, 6) is 0. The highest BCUT2D eigenvalue weighted by Gasteiger charge is 2.18. The highest BCUT2D eigenvalue weighted by Crippen LogP contribution is 2.42. The fourth-order valence-corrected chi connectivity index (χ4v) is 11.3. The van der Waals surface area contributed by atoms with Gasteiger partial charge in [0.15, 0.2) is 0 Å². The van der Waals surface area contributed by atoms with Gasteiger partial charge in [0.1, 0.15) is 0 Å². The molecule has 0 bridgehead atoms. The Morgan fingerprint density at radius 3 is 0.907 bits per heavy atom. The summed E-state index contributed by atoms with van der Waals surface area (Å²) in [5.41, 5.74) is 22.1. The molecule has 0 fully saturated rings. The van der Waals surface area contributed by atoms with E-state index < -0.39 is 0 Å². The van der Waals surface area contributed by atoms with E-state index in [4.69, 9.17) is 0 Å². The number of para-hydroxylation sites is 4. The molecule has 2 heterocycles. The fourth-order valence-electron chi connectivity index (χ4n) is 11.3. The zero-order valence-corrected chi connectivity index (χ0v) is 41.1. The van der Waals surface area contributed by atoms with Crippen LogP contribution in [0.1, 0.15) is 0 Å². The molecular weight excluding hydrogens is 907 g/mol. The van der Waals surface area contributed by atoms with E-state index in [9.17, 15) is 0 Å². The molecule has 0 saturated heterocycles. The molecule has 0 radical (unpaired) electrons. The van der Waals surface area contributed by atoms with E-state index in [-0.39, 0.29) is 0 Å². The van der Waals surface area contributed by atoms with Gasteiger partial charge in [-0.3, -0.25) is 0 Å². The third kappa shape index (κ3) is 7.95. The summed E-state index contributed by atoms with van der Waals surface area (Å²) in [4.78, 5) is 2.32. The van der Waals surface area contributed by atoms with Crippen LogP contribution < -0.4 is 4.90 Å². The Morgan fingerprint density at radius 2 is 0.480 bits per heavy atom. The second-order valence-electron chi connectivity index (χ2n) is 19.3. The second kappa shape index (κ2) is 18.6. The molecule has 0 aliphatic heterocycles. The number of aromatic nitrogens is 2. The average Bonchev–Trinajstić information content (AvgIpc) is 4.02. The van der Waals surface area contributed by atoms with Crippen molar-refractivity contribution in [2.24, 2.45) is 0 Å². The molecule has 0 N–H and O–H groups in total. The number of nitrogens with zero attached hydrogens (tertiary/aromatic N) is 3. The van der Waals surface area contributed by atoms with Gasteiger partial charge >= 0.3 is 0 Å². The minimum Gasteiger partial charge on any atom is -0.311 e. The molecule has 75 heavy (non-hydrogen) atoms. The Labute approximate surface area is 436 Å². The Morgan fingerprint density at radius 1 is 0.187 bits per heavy atom. The number of hydrogen-bond acceptors (Lipinski definition) is 1. The molecule has 0 spiro atoms. The van der Waals surface area contributed by atoms with Crippen molar-refractivity contribution in [1.82, 2.24) is 9.13 Å². The minimum absolute atomic E-state index is 1.10. The molecule has 3 heteroatoms. The summed E-state index contributed by atoms with van der Waals surface area (Å²) in [6.07, 6.45) is 0. The van der Waals surface area contributed by atoms with Crippen LogP contribution in [0.5, 0.6) is 0 Å². The number of rotatable bonds is 10. The molecule has 0 aliphatic carbocycles. The predicted octanol–water partition coefficient (Wildman–Crippen LogP) is 19.7. The van der Waals surface area contributed by atoms with Crippen molar-refractivity contribution in [3.05, 3.63) is 297 Å². The van der Waals surface area contributed by atoms with Crippen molar-refractivity contribution in [3.8, 4) is 67.0 Å². The van der Waals surface area contributed by atoms with E-state index in [0.717, 1.165) is 50.7 Å². The maximum Gasteiger partial charge on any atom is 0.0541 e. The van der Waals surface area contributed by atoms with Gasteiger partial charge in [0.2, 0.25) is 0 Å². The lowest BCUT2D eigenvalue weighted by molar-refractivity contribution is 1.18. The van der Waals surface area contributed by atoms with Crippen LogP contribution in [-0.4, -0.2) is 9.13 Å². The first-order chi connectivity index (χ1) is 37.2. The lowest BCUT2D eigenvalue weighted by Crippen LogP contribution is -2.09.